The van der Waals surface area contributed by atoms with Gasteiger partial charge in [0.15, 0.2) is 0 Å². The number of aryl methyl sites for hydroxylation is 1. The molecule has 2 aliphatic rings. The van der Waals surface area contributed by atoms with Crippen LogP contribution in [-0.4, -0.2) is 10.9 Å². The first-order valence-corrected chi connectivity index (χ1v) is 11.0. The number of amides is 1. The molecule has 1 heterocycles. The minimum atomic E-state index is -4.37. The molecule has 0 aliphatic heterocycles. The predicted octanol–water partition coefficient (Wildman–Crippen LogP) is 5.87. The highest BCUT2D eigenvalue weighted by atomic mass is 19.4. The number of aromatic nitrogens is 1. The van der Waals surface area contributed by atoms with Crippen molar-refractivity contribution in [3.63, 3.8) is 0 Å². The molecule has 6 heteroatoms. The molecule has 0 unspecified atom stereocenters. The van der Waals surface area contributed by atoms with Gasteiger partial charge in [0.05, 0.1) is 17.7 Å². The zero-order valence-corrected chi connectivity index (χ0v) is 17.5. The van der Waals surface area contributed by atoms with Crippen molar-refractivity contribution in [3.8, 4) is 0 Å². The van der Waals surface area contributed by atoms with Crippen LogP contribution in [0.4, 0.5) is 13.2 Å². The molecule has 31 heavy (non-hydrogen) atoms. The third-order valence-corrected chi connectivity index (χ3v) is 6.30. The molecular formula is C25H27F3N2O. The molecule has 1 N–H and O–H groups in total. The Balaban J connectivity index is 1.35. The van der Waals surface area contributed by atoms with E-state index in [0.29, 0.717) is 12.0 Å². The number of alkyl halides is 3. The zero-order valence-electron chi connectivity index (χ0n) is 17.5. The SMILES string of the molecule is O=C(Cc1ccc(C(F)(F)F)cc1)NC1=CCc2ncc(CCC3CCCCC3)cc21. The normalized spacial score (nSPS) is 16.7. The fourth-order valence-corrected chi connectivity index (χ4v) is 4.53. The number of carbonyl (C=O) groups is 1. The summed E-state index contributed by atoms with van der Waals surface area (Å²) in [7, 11) is 0. The van der Waals surface area contributed by atoms with Crippen LogP contribution in [0.5, 0.6) is 0 Å². The Bertz CT molecular complexity index is 958. The highest BCUT2D eigenvalue weighted by Crippen LogP contribution is 2.30. The highest BCUT2D eigenvalue weighted by molar-refractivity contribution is 5.89. The number of carbonyl (C=O) groups excluding carboxylic acids is 1. The Kier molecular flexibility index (Phi) is 6.44. The maximum atomic E-state index is 12.7. The third-order valence-electron chi connectivity index (χ3n) is 6.30. The number of hydrogen-bond donors (Lipinski definition) is 1. The number of rotatable bonds is 6. The second kappa shape index (κ2) is 9.25. The van der Waals surface area contributed by atoms with Gasteiger partial charge in [-0.1, -0.05) is 50.3 Å². The topological polar surface area (TPSA) is 42.0 Å². The van der Waals surface area contributed by atoms with Crippen molar-refractivity contribution < 1.29 is 18.0 Å². The smallest absolute Gasteiger partial charge is 0.325 e. The van der Waals surface area contributed by atoms with Crippen LogP contribution in [0.15, 0.2) is 42.6 Å². The number of allylic oxidation sites excluding steroid dienone is 1. The van der Waals surface area contributed by atoms with Crippen molar-refractivity contribution in [1.29, 1.82) is 0 Å². The number of hydrogen-bond acceptors (Lipinski definition) is 2. The van der Waals surface area contributed by atoms with E-state index < -0.39 is 11.7 Å². The second-order valence-electron chi connectivity index (χ2n) is 8.62. The molecule has 1 amide bonds. The van der Waals surface area contributed by atoms with Crippen LogP contribution in [0.25, 0.3) is 5.70 Å². The molecule has 1 aromatic heterocycles. The number of pyridine rings is 1. The van der Waals surface area contributed by atoms with Gasteiger partial charge in [0.25, 0.3) is 0 Å². The summed E-state index contributed by atoms with van der Waals surface area (Å²) < 4.78 is 38.1. The van der Waals surface area contributed by atoms with Crippen molar-refractivity contribution in [2.24, 2.45) is 5.92 Å². The maximum absolute atomic E-state index is 12.7. The lowest BCUT2D eigenvalue weighted by Crippen LogP contribution is -2.23. The van der Waals surface area contributed by atoms with Crippen molar-refractivity contribution in [1.82, 2.24) is 10.3 Å². The summed E-state index contributed by atoms with van der Waals surface area (Å²) in [5.74, 6) is 0.562. The summed E-state index contributed by atoms with van der Waals surface area (Å²) in [5.41, 5.74) is 3.68. The van der Waals surface area contributed by atoms with Crippen LogP contribution < -0.4 is 5.32 Å². The van der Waals surface area contributed by atoms with Gasteiger partial charge in [-0.25, -0.2) is 0 Å². The number of benzene rings is 1. The molecule has 0 spiro atoms. The second-order valence-corrected chi connectivity index (χ2v) is 8.62. The minimum absolute atomic E-state index is 0.0274. The summed E-state index contributed by atoms with van der Waals surface area (Å²) in [5, 5.41) is 2.92. The molecule has 2 aliphatic carbocycles. The highest BCUT2D eigenvalue weighted by Gasteiger charge is 2.30. The van der Waals surface area contributed by atoms with Crippen molar-refractivity contribution in [2.75, 3.05) is 0 Å². The molecule has 2 aromatic rings. The first-order chi connectivity index (χ1) is 14.9. The summed E-state index contributed by atoms with van der Waals surface area (Å²) in [6.45, 7) is 0. The van der Waals surface area contributed by atoms with Crippen LogP contribution in [0.2, 0.25) is 0 Å². The molecule has 1 fully saturated rings. The summed E-state index contributed by atoms with van der Waals surface area (Å²) in [6, 6.07) is 6.85. The van der Waals surface area contributed by atoms with Crippen LogP contribution in [-0.2, 0) is 30.2 Å². The number of fused-ring (bicyclic) bond motifs is 1. The molecular weight excluding hydrogens is 401 g/mol. The zero-order chi connectivity index (χ0) is 21.8. The van der Waals surface area contributed by atoms with Gasteiger partial charge in [-0.05, 0) is 48.1 Å². The van der Waals surface area contributed by atoms with E-state index in [4.69, 9.17) is 0 Å². The average Bonchev–Trinajstić information content (AvgIpc) is 3.14. The minimum Gasteiger partial charge on any atom is -0.325 e. The molecule has 0 saturated heterocycles. The van der Waals surface area contributed by atoms with Crippen molar-refractivity contribution >= 4 is 11.6 Å². The lowest BCUT2D eigenvalue weighted by molar-refractivity contribution is -0.137. The summed E-state index contributed by atoms with van der Waals surface area (Å²) >= 11 is 0. The van der Waals surface area contributed by atoms with E-state index in [2.05, 4.69) is 16.4 Å². The van der Waals surface area contributed by atoms with Crippen LogP contribution in [0.1, 0.15) is 66.5 Å². The molecule has 0 radical (unpaired) electrons. The Morgan fingerprint density at radius 1 is 1.06 bits per heavy atom. The van der Waals surface area contributed by atoms with Crippen LogP contribution in [0, 0.1) is 5.92 Å². The van der Waals surface area contributed by atoms with Crippen molar-refractivity contribution in [3.05, 3.63) is 70.6 Å². The molecule has 164 valence electrons. The summed E-state index contributed by atoms with van der Waals surface area (Å²) in [4.78, 5) is 17.1. The first kappa shape index (κ1) is 21.6. The lowest BCUT2D eigenvalue weighted by atomic mass is 9.85. The molecule has 4 rings (SSSR count). The Labute approximate surface area is 180 Å². The fraction of sp³-hybridized carbons (Fsp3) is 0.440. The Morgan fingerprint density at radius 2 is 1.81 bits per heavy atom. The van der Waals surface area contributed by atoms with Gasteiger partial charge in [-0.3, -0.25) is 9.78 Å². The van der Waals surface area contributed by atoms with Gasteiger partial charge in [-0.15, -0.1) is 0 Å². The largest absolute Gasteiger partial charge is 0.416 e. The Morgan fingerprint density at radius 3 is 2.52 bits per heavy atom. The van der Waals surface area contributed by atoms with Crippen LogP contribution >= 0.6 is 0 Å². The fourth-order valence-electron chi connectivity index (χ4n) is 4.53. The van der Waals surface area contributed by atoms with E-state index in [9.17, 15) is 18.0 Å². The van der Waals surface area contributed by atoms with E-state index in [1.165, 1.54) is 56.2 Å². The third kappa shape index (κ3) is 5.54. The van der Waals surface area contributed by atoms with Gasteiger partial charge < -0.3 is 5.32 Å². The average molecular weight is 428 g/mol. The Hall–Kier alpha value is -2.63. The number of nitrogens with zero attached hydrogens (tertiary/aromatic N) is 1. The first-order valence-electron chi connectivity index (χ1n) is 11.0. The van der Waals surface area contributed by atoms with E-state index in [-0.39, 0.29) is 12.3 Å². The van der Waals surface area contributed by atoms with Gasteiger partial charge in [-0.2, -0.15) is 13.2 Å². The van der Waals surface area contributed by atoms with Crippen molar-refractivity contribution in [2.45, 2.75) is 64.0 Å². The van der Waals surface area contributed by atoms with Gasteiger partial charge in [0.2, 0.25) is 5.91 Å². The molecule has 0 atom stereocenters. The monoisotopic (exact) mass is 428 g/mol. The quantitative estimate of drug-likeness (QED) is 0.625. The van der Waals surface area contributed by atoms with E-state index in [1.54, 1.807) is 0 Å². The standard InChI is InChI=1S/C25H27F3N2O/c26-25(27,28)20-10-8-18(9-11-20)15-24(31)30-23-13-12-22-21(23)14-19(16-29-22)7-6-17-4-2-1-3-5-17/h8-11,13-14,16-17H,1-7,12,15H2,(H,30,31). The van der Waals surface area contributed by atoms with E-state index in [1.807, 2.05) is 12.3 Å². The molecule has 1 saturated carbocycles. The predicted molar refractivity (Wildman–Crippen MR) is 114 cm³/mol. The van der Waals surface area contributed by atoms with Gasteiger partial charge >= 0.3 is 6.18 Å². The van der Waals surface area contributed by atoms with Gasteiger partial charge in [0, 0.05) is 23.9 Å². The lowest BCUT2D eigenvalue weighted by Gasteiger charge is -2.21. The molecule has 1 aromatic carbocycles. The molecule has 3 nitrogen and oxygen atoms in total. The summed E-state index contributed by atoms with van der Waals surface area (Å²) in [6.07, 6.45) is 9.09. The van der Waals surface area contributed by atoms with E-state index >= 15 is 0 Å². The number of nitrogens with one attached hydrogen (secondary N) is 1. The van der Waals surface area contributed by atoms with E-state index in [0.717, 1.165) is 41.4 Å². The maximum Gasteiger partial charge on any atom is 0.416 e. The van der Waals surface area contributed by atoms with Gasteiger partial charge in [0.1, 0.15) is 0 Å². The number of halogens is 3. The van der Waals surface area contributed by atoms with Crippen LogP contribution in [0.3, 0.4) is 0 Å². The molecule has 0 bridgehead atoms.